The fourth-order valence-electron chi connectivity index (χ4n) is 3.75. The van der Waals surface area contributed by atoms with E-state index in [0.29, 0.717) is 50.2 Å². The maximum atomic E-state index is 13.0. The number of nitrogens with zero attached hydrogens (tertiary/aromatic N) is 2. The average Bonchev–Trinajstić information content (AvgIpc) is 3.20. The van der Waals surface area contributed by atoms with Gasteiger partial charge in [-0.2, -0.15) is 5.26 Å². The second-order valence-corrected chi connectivity index (χ2v) is 10.5. The summed E-state index contributed by atoms with van der Waals surface area (Å²) in [4.78, 5) is 13.0. The van der Waals surface area contributed by atoms with Crippen LogP contribution in [0.4, 0.5) is 5.69 Å². The van der Waals surface area contributed by atoms with Gasteiger partial charge in [0.1, 0.15) is 11.3 Å². The van der Waals surface area contributed by atoms with Gasteiger partial charge in [-0.05, 0) is 29.1 Å². The number of anilines is 1. The zero-order valence-electron chi connectivity index (χ0n) is 18.8. The lowest BCUT2D eigenvalue weighted by molar-refractivity contribution is 0.0964. The maximum absolute atomic E-state index is 13.0. The molecule has 172 valence electrons. The molecule has 1 amide bonds. The lowest BCUT2D eigenvalue weighted by Gasteiger charge is -2.20. The molecule has 0 fully saturated rings. The second kappa shape index (κ2) is 8.94. The smallest absolute Gasteiger partial charge is 0.255 e. The molecule has 34 heavy (non-hydrogen) atoms. The van der Waals surface area contributed by atoms with Crippen molar-refractivity contribution in [1.29, 1.82) is 5.26 Å². The van der Waals surface area contributed by atoms with E-state index < -0.39 is 10.0 Å². The van der Waals surface area contributed by atoms with Gasteiger partial charge in [0.25, 0.3) is 5.91 Å². The van der Waals surface area contributed by atoms with Crippen molar-refractivity contribution >= 4 is 47.1 Å². The third kappa shape index (κ3) is 4.28. The summed E-state index contributed by atoms with van der Waals surface area (Å²) in [7, 11) is 2.00. The Hall–Kier alpha value is -3.66. The SMILES string of the molecule is CNC(=O)c1c(-c2ccc(P)cc2)oc2cc(N(C)S(C)(=O)=O)c(-c3cccc(C#N)c3)cc12. The number of nitriles is 1. The Balaban J connectivity index is 2.09. The van der Waals surface area contributed by atoms with E-state index in [0.717, 1.165) is 15.9 Å². The van der Waals surface area contributed by atoms with Crippen molar-refractivity contribution in [2.24, 2.45) is 0 Å². The van der Waals surface area contributed by atoms with Crippen LogP contribution in [0, 0.1) is 11.3 Å². The van der Waals surface area contributed by atoms with E-state index >= 15 is 0 Å². The van der Waals surface area contributed by atoms with E-state index in [2.05, 4.69) is 20.6 Å². The van der Waals surface area contributed by atoms with Crippen LogP contribution in [-0.2, 0) is 10.0 Å². The number of hydrogen-bond acceptors (Lipinski definition) is 5. The van der Waals surface area contributed by atoms with Crippen molar-refractivity contribution in [3.05, 3.63) is 71.8 Å². The minimum atomic E-state index is -3.61. The number of furan rings is 1. The van der Waals surface area contributed by atoms with Crippen LogP contribution in [0.2, 0.25) is 0 Å². The summed E-state index contributed by atoms with van der Waals surface area (Å²) in [6, 6.07) is 19.8. The molecule has 0 radical (unpaired) electrons. The van der Waals surface area contributed by atoms with Gasteiger partial charge in [0.2, 0.25) is 10.0 Å². The van der Waals surface area contributed by atoms with Gasteiger partial charge in [-0.1, -0.05) is 36.4 Å². The predicted octanol–water partition coefficient (Wildman–Crippen LogP) is 3.89. The number of carbonyl (C=O) groups is 1. The maximum Gasteiger partial charge on any atom is 0.255 e. The standard InChI is InChI=1S/C25H22N3O4PS/c1-27-25(29)23-20-12-19(17-6-4-5-15(11-17)14-26)21(28(2)34(3,30)31)13-22(20)32-24(23)16-7-9-18(33)10-8-16/h4-13H,33H2,1-3H3,(H,27,29). The van der Waals surface area contributed by atoms with Crippen molar-refractivity contribution in [3.63, 3.8) is 0 Å². The van der Waals surface area contributed by atoms with Gasteiger partial charge in [0.05, 0.1) is 29.1 Å². The van der Waals surface area contributed by atoms with Gasteiger partial charge in [0.15, 0.2) is 0 Å². The summed E-state index contributed by atoms with van der Waals surface area (Å²) in [5, 5.41) is 13.5. The summed E-state index contributed by atoms with van der Waals surface area (Å²) in [5.74, 6) is 0.0554. The first kappa shape index (κ1) is 23.5. The molecule has 4 rings (SSSR count). The predicted molar refractivity (Wildman–Crippen MR) is 138 cm³/mol. The first-order chi connectivity index (χ1) is 16.1. The van der Waals surface area contributed by atoms with Gasteiger partial charge in [-0.3, -0.25) is 9.10 Å². The molecule has 7 nitrogen and oxygen atoms in total. The highest BCUT2D eigenvalue weighted by Crippen LogP contribution is 2.41. The highest BCUT2D eigenvalue weighted by Gasteiger charge is 2.25. The number of rotatable bonds is 5. The first-order valence-electron chi connectivity index (χ1n) is 10.3. The van der Waals surface area contributed by atoms with E-state index in [1.54, 1.807) is 43.4 Å². The highest BCUT2D eigenvalue weighted by atomic mass is 32.2. The summed E-state index contributed by atoms with van der Waals surface area (Å²) >= 11 is 0. The number of sulfonamides is 1. The normalized spacial score (nSPS) is 11.3. The topological polar surface area (TPSA) is 103 Å². The zero-order chi connectivity index (χ0) is 24.6. The molecule has 0 saturated carbocycles. The molecule has 0 aliphatic carbocycles. The molecule has 0 bridgehead atoms. The molecule has 9 heteroatoms. The highest BCUT2D eigenvalue weighted by molar-refractivity contribution is 7.92. The van der Waals surface area contributed by atoms with E-state index in [1.807, 2.05) is 24.3 Å². The van der Waals surface area contributed by atoms with Crippen molar-refractivity contribution < 1.29 is 17.6 Å². The number of carbonyl (C=O) groups excluding carboxylic acids is 1. The third-order valence-electron chi connectivity index (χ3n) is 5.57. The van der Waals surface area contributed by atoms with Gasteiger partial charge in [0, 0.05) is 36.7 Å². The van der Waals surface area contributed by atoms with Crippen LogP contribution in [0.5, 0.6) is 0 Å². The summed E-state index contributed by atoms with van der Waals surface area (Å²) < 4.78 is 32.2. The van der Waals surface area contributed by atoms with Gasteiger partial charge >= 0.3 is 0 Å². The van der Waals surface area contributed by atoms with E-state index in [1.165, 1.54) is 7.05 Å². The van der Waals surface area contributed by atoms with Gasteiger partial charge in [-0.15, -0.1) is 9.24 Å². The van der Waals surface area contributed by atoms with Crippen LogP contribution in [0.1, 0.15) is 15.9 Å². The molecule has 0 aliphatic rings. The van der Waals surface area contributed by atoms with Gasteiger partial charge in [-0.25, -0.2) is 8.42 Å². The fourth-order valence-corrected chi connectivity index (χ4v) is 4.45. The fraction of sp³-hybridized carbons (Fsp3) is 0.120. The van der Waals surface area contributed by atoms with Crippen LogP contribution < -0.4 is 14.9 Å². The van der Waals surface area contributed by atoms with Crippen molar-refractivity contribution in [2.75, 3.05) is 24.7 Å². The first-order valence-corrected chi connectivity index (χ1v) is 12.7. The van der Waals surface area contributed by atoms with Crippen LogP contribution >= 0.6 is 9.24 Å². The Kier molecular flexibility index (Phi) is 6.18. The minimum Gasteiger partial charge on any atom is -0.455 e. The summed E-state index contributed by atoms with van der Waals surface area (Å²) in [6.45, 7) is 0. The molecule has 0 saturated heterocycles. The molecule has 4 aromatic rings. The molecular formula is C25H22N3O4PS. The average molecular weight is 492 g/mol. The van der Waals surface area contributed by atoms with E-state index in [9.17, 15) is 18.5 Å². The molecule has 0 spiro atoms. The number of nitrogens with one attached hydrogen (secondary N) is 1. The van der Waals surface area contributed by atoms with Crippen molar-refractivity contribution in [2.45, 2.75) is 0 Å². The van der Waals surface area contributed by atoms with E-state index in [4.69, 9.17) is 4.42 Å². The molecule has 1 unspecified atom stereocenters. The Morgan fingerprint density at radius 2 is 1.79 bits per heavy atom. The molecule has 1 heterocycles. The molecule has 3 aromatic carbocycles. The Morgan fingerprint density at radius 1 is 1.09 bits per heavy atom. The van der Waals surface area contributed by atoms with Crippen LogP contribution in [0.25, 0.3) is 33.4 Å². The van der Waals surface area contributed by atoms with Crippen LogP contribution in [0.3, 0.4) is 0 Å². The number of hydrogen-bond donors (Lipinski definition) is 1. The van der Waals surface area contributed by atoms with Crippen LogP contribution in [-0.4, -0.2) is 34.7 Å². The lowest BCUT2D eigenvalue weighted by atomic mass is 9.97. The second-order valence-electron chi connectivity index (χ2n) is 7.80. The summed E-state index contributed by atoms with van der Waals surface area (Å²) in [5.41, 5.74) is 3.43. The molecule has 0 aliphatic heterocycles. The zero-order valence-corrected chi connectivity index (χ0v) is 20.8. The third-order valence-corrected chi connectivity index (χ3v) is 7.15. The quantitative estimate of drug-likeness (QED) is 0.427. The Bertz CT molecular complexity index is 1570. The number of benzene rings is 3. The van der Waals surface area contributed by atoms with Crippen molar-refractivity contribution in [3.8, 4) is 28.5 Å². The number of amides is 1. The Labute approximate surface area is 200 Å². The monoisotopic (exact) mass is 491 g/mol. The van der Waals surface area contributed by atoms with Crippen LogP contribution in [0.15, 0.2) is 65.1 Å². The molecule has 1 N–H and O–H groups in total. The van der Waals surface area contributed by atoms with Crippen molar-refractivity contribution in [1.82, 2.24) is 5.32 Å². The Morgan fingerprint density at radius 3 is 2.41 bits per heavy atom. The van der Waals surface area contributed by atoms with E-state index in [-0.39, 0.29) is 5.91 Å². The molecular weight excluding hydrogens is 469 g/mol. The lowest BCUT2D eigenvalue weighted by Crippen LogP contribution is -2.25. The number of fused-ring (bicyclic) bond motifs is 1. The minimum absolute atomic E-state index is 0.329. The summed E-state index contributed by atoms with van der Waals surface area (Å²) in [6.07, 6.45) is 1.11. The molecule has 1 atom stereocenters. The molecule has 1 aromatic heterocycles. The van der Waals surface area contributed by atoms with Gasteiger partial charge < -0.3 is 9.73 Å². The largest absolute Gasteiger partial charge is 0.455 e.